The summed E-state index contributed by atoms with van der Waals surface area (Å²) in [7, 11) is 1.57. The molecule has 0 bridgehead atoms. The highest BCUT2D eigenvalue weighted by molar-refractivity contribution is 6.00. The van der Waals surface area contributed by atoms with Crippen LogP contribution in [0.1, 0.15) is 19.3 Å². The van der Waals surface area contributed by atoms with Gasteiger partial charge in [0.1, 0.15) is 12.3 Å². The van der Waals surface area contributed by atoms with E-state index in [9.17, 15) is 14.4 Å². The van der Waals surface area contributed by atoms with E-state index >= 15 is 0 Å². The van der Waals surface area contributed by atoms with Crippen molar-refractivity contribution >= 4 is 23.5 Å². The zero-order chi connectivity index (χ0) is 17.3. The van der Waals surface area contributed by atoms with E-state index < -0.39 is 11.9 Å². The molecule has 0 spiro atoms. The molecule has 0 aromatic heterocycles. The van der Waals surface area contributed by atoms with E-state index in [1.807, 2.05) is 0 Å². The van der Waals surface area contributed by atoms with Crippen molar-refractivity contribution in [2.24, 2.45) is 5.92 Å². The smallest absolute Gasteiger partial charge is 0.323 e. The van der Waals surface area contributed by atoms with Gasteiger partial charge in [-0.05, 0) is 37.1 Å². The van der Waals surface area contributed by atoms with Gasteiger partial charge in [0.2, 0.25) is 11.8 Å². The highest BCUT2D eigenvalue weighted by Crippen LogP contribution is 2.32. The summed E-state index contributed by atoms with van der Waals surface area (Å²) in [5.41, 5.74) is 0.715. The second-order valence-electron chi connectivity index (χ2n) is 6.19. The Morgan fingerprint density at radius 1 is 1.29 bits per heavy atom. The Bertz CT molecular complexity index is 653. The second-order valence-corrected chi connectivity index (χ2v) is 6.19. The molecular formula is C17H20N2O5. The number of carbonyl (C=O) groups excluding carboxylic acids is 2. The van der Waals surface area contributed by atoms with Crippen molar-refractivity contribution in [3.63, 3.8) is 0 Å². The fraction of sp³-hybridized carbons (Fsp3) is 0.471. The number of benzene rings is 1. The lowest BCUT2D eigenvalue weighted by Gasteiger charge is -2.24. The van der Waals surface area contributed by atoms with Crippen LogP contribution in [0.3, 0.4) is 0 Å². The number of carbonyl (C=O) groups is 3. The largest absolute Gasteiger partial charge is 0.497 e. The van der Waals surface area contributed by atoms with Crippen LogP contribution in [-0.2, 0) is 14.4 Å². The number of hydrogen-bond donors (Lipinski definition) is 1. The third kappa shape index (κ3) is 3.34. The molecule has 1 saturated carbocycles. The Hall–Kier alpha value is -2.57. The number of hydrogen-bond acceptors (Lipinski definition) is 4. The molecule has 1 aliphatic carbocycles. The summed E-state index contributed by atoms with van der Waals surface area (Å²) in [5, 5.41) is 9.00. The first-order chi connectivity index (χ1) is 11.5. The molecule has 1 N–H and O–H groups in total. The fourth-order valence-electron chi connectivity index (χ4n) is 3.04. The first-order valence-corrected chi connectivity index (χ1v) is 7.96. The van der Waals surface area contributed by atoms with E-state index in [1.165, 1.54) is 4.90 Å². The molecule has 128 valence electrons. The number of nitrogens with zero attached hydrogens (tertiary/aromatic N) is 2. The normalized spacial score (nSPS) is 20.1. The van der Waals surface area contributed by atoms with Crippen LogP contribution in [0.5, 0.6) is 5.75 Å². The monoisotopic (exact) mass is 332 g/mol. The quantitative estimate of drug-likeness (QED) is 0.843. The number of amides is 2. The van der Waals surface area contributed by atoms with E-state index in [0.717, 1.165) is 12.8 Å². The fourth-order valence-corrected chi connectivity index (χ4v) is 3.04. The van der Waals surface area contributed by atoms with Gasteiger partial charge >= 0.3 is 5.97 Å². The lowest BCUT2D eigenvalue weighted by molar-refractivity contribution is -0.146. The van der Waals surface area contributed by atoms with Gasteiger partial charge in [0.05, 0.1) is 13.0 Å². The lowest BCUT2D eigenvalue weighted by atomic mass is 10.1. The summed E-state index contributed by atoms with van der Waals surface area (Å²) in [4.78, 5) is 38.9. The Morgan fingerprint density at radius 3 is 2.50 bits per heavy atom. The number of carboxylic acids is 1. The van der Waals surface area contributed by atoms with Crippen molar-refractivity contribution in [3.05, 3.63) is 24.3 Å². The van der Waals surface area contributed by atoms with Crippen LogP contribution < -0.4 is 9.64 Å². The van der Waals surface area contributed by atoms with Crippen molar-refractivity contribution in [1.82, 2.24) is 4.90 Å². The third-order valence-corrected chi connectivity index (χ3v) is 4.43. The number of anilines is 1. The first-order valence-electron chi connectivity index (χ1n) is 7.96. The van der Waals surface area contributed by atoms with Crippen molar-refractivity contribution in [2.75, 3.05) is 25.1 Å². The van der Waals surface area contributed by atoms with Gasteiger partial charge in [-0.3, -0.25) is 14.4 Å². The van der Waals surface area contributed by atoms with E-state index in [0.29, 0.717) is 11.4 Å². The maximum absolute atomic E-state index is 12.6. The standard InChI is InChI=1S/C17H20N2O5/c1-24-14-6-4-12(5-7-14)18-9-11(8-15(18)20)17(23)19(10-16(21)22)13-2-3-13/h4-7,11,13H,2-3,8-10H2,1H3,(H,21,22). The Kier molecular flexibility index (Phi) is 4.42. The minimum absolute atomic E-state index is 0.0127. The van der Waals surface area contributed by atoms with Crippen LogP contribution in [0.25, 0.3) is 0 Å². The maximum atomic E-state index is 12.6. The number of aliphatic carboxylic acids is 1. The molecule has 3 rings (SSSR count). The SMILES string of the molecule is COc1ccc(N2CC(C(=O)N(CC(=O)O)C3CC3)CC2=O)cc1. The summed E-state index contributed by atoms with van der Waals surface area (Å²) in [5.74, 6) is -1.17. The van der Waals surface area contributed by atoms with Crippen LogP contribution in [0.4, 0.5) is 5.69 Å². The van der Waals surface area contributed by atoms with E-state index in [1.54, 1.807) is 36.3 Å². The van der Waals surface area contributed by atoms with Gasteiger partial charge in [-0.15, -0.1) is 0 Å². The van der Waals surface area contributed by atoms with Crippen LogP contribution in [-0.4, -0.2) is 54.0 Å². The molecule has 1 unspecified atom stereocenters. The molecule has 0 radical (unpaired) electrons. The third-order valence-electron chi connectivity index (χ3n) is 4.43. The second kappa shape index (κ2) is 6.51. The summed E-state index contributed by atoms with van der Waals surface area (Å²) < 4.78 is 5.10. The predicted octanol–water partition coefficient (Wildman–Crippen LogP) is 1.12. The maximum Gasteiger partial charge on any atom is 0.323 e. The van der Waals surface area contributed by atoms with Gasteiger partial charge in [-0.1, -0.05) is 0 Å². The number of rotatable bonds is 6. The van der Waals surface area contributed by atoms with Gasteiger partial charge < -0.3 is 19.6 Å². The summed E-state index contributed by atoms with van der Waals surface area (Å²) in [6.45, 7) is -0.0104. The summed E-state index contributed by atoms with van der Waals surface area (Å²) in [6, 6.07) is 7.09. The van der Waals surface area contributed by atoms with Crippen LogP contribution in [0, 0.1) is 5.92 Å². The zero-order valence-corrected chi connectivity index (χ0v) is 13.5. The van der Waals surface area contributed by atoms with Crippen molar-refractivity contribution in [3.8, 4) is 5.75 Å². The average molecular weight is 332 g/mol. The number of methoxy groups -OCH3 is 1. The van der Waals surface area contributed by atoms with Gasteiger partial charge in [0, 0.05) is 24.7 Å². The Morgan fingerprint density at radius 2 is 1.96 bits per heavy atom. The Labute approximate surface area is 139 Å². The van der Waals surface area contributed by atoms with E-state index in [4.69, 9.17) is 9.84 Å². The van der Waals surface area contributed by atoms with Crippen LogP contribution in [0.15, 0.2) is 24.3 Å². The minimum Gasteiger partial charge on any atom is -0.497 e. The molecule has 1 atom stereocenters. The van der Waals surface area contributed by atoms with E-state index in [2.05, 4.69) is 0 Å². The van der Waals surface area contributed by atoms with Crippen LogP contribution >= 0.6 is 0 Å². The van der Waals surface area contributed by atoms with E-state index in [-0.39, 0.29) is 37.4 Å². The van der Waals surface area contributed by atoms with Gasteiger partial charge in [0.15, 0.2) is 0 Å². The van der Waals surface area contributed by atoms with Crippen molar-refractivity contribution < 1.29 is 24.2 Å². The van der Waals surface area contributed by atoms with Gasteiger partial charge in [-0.25, -0.2) is 0 Å². The highest BCUT2D eigenvalue weighted by Gasteiger charge is 2.42. The van der Waals surface area contributed by atoms with Gasteiger partial charge in [-0.2, -0.15) is 0 Å². The molecular weight excluding hydrogens is 312 g/mol. The molecule has 2 aliphatic rings. The minimum atomic E-state index is -1.02. The first kappa shape index (κ1) is 16.3. The molecule has 7 heteroatoms. The summed E-state index contributed by atoms with van der Waals surface area (Å²) in [6.07, 6.45) is 1.79. The molecule has 1 aliphatic heterocycles. The van der Waals surface area contributed by atoms with Crippen molar-refractivity contribution in [1.29, 1.82) is 0 Å². The molecule has 1 aromatic carbocycles. The molecule has 1 heterocycles. The lowest BCUT2D eigenvalue weighted by Crippen LogP contribution is -2.42. The van der Waals surface area contributed by atoms with Gasteiger partial charge in [0.25, 0.3) is 0 Å². The molecule has 1 saturated heterocycles. The zero-order valence-electron chi connectivity index (χ0n) is 13.5. The van der Waals surface area contributed by atoms with Crippen molar-refractivity contribution in [2.45, 2.75) is 25.3 Å². The summed E-state index contributed by atoms with van der Waals surface area (Å²) >= 11 is 0. The molecule has 7 nitrogen and oxygen atoms in total. The average Bonchev–Trinajstić information content (AvgIpc) is 3.34. The van der Waals surface area contributed by atoms with Crippen LogP contribution in [0.2, 0.25) is 0 Å². The number of ether oxygens (including phenoxy) is 1. The topological polar surface area (TPSA) is 87.2 Å². The molecule has 1 aromatic rings. The molecule has 2 fully saturated rings. The number of carboxylic acid groups (broad SMARTS) is 1. The molecule has 2 amide bonds. The Balaban J connectivity index is 1.70. The highest BCUT2D eigenvalue weighted by atomic mass is 16.5. The molecule has 24 heavy (non-hydrogen) atoms. The predicted molar refractivity (Wildman–Crippen MR) is 85.8 cm³/mol.